The Morgan fingerprint density at radius 3 is 2.95 bits per heavy atom. The van der Waals surface area contributed by atoms with Gasteiger partial charge in [0.2, 0.25) is 0 Å². The second-order valence-electron chi connectivity index (χ2n) is 5.06. The van der Waals surface area contributed by atoms with Crippen LogP contribution in [0.4, 0.5) is 14.6 Å². The number of benzene rings is 1. The first-order chi connectivity index (χ1) is 9.70. The maximum Gasteiger partial charge on any atom is 0.151 e. The molecule has 1 aliphatic heterocycles. The van der Waals surface area contributed by atoms with E-state index in [0.29, 0.717) is 5.69 Å². The summed E-state index contributed by atoms with van der Waals surface area (Å²) < 4.78 is 28.5. The summed E-state index contributed by atoms with van der Waals surface area (Å²) in [6, 6.07) is 3.58. The largest absolute Gasteiger partial charge is 0.369 e. The van der Waals surface area contributed by atoms with E-state index in [1.54, 1.807) is 4.68 Å². The molecule has 106 valence electrons. The smallest absolute Gasteiger partial charge is 0.151 e. The number of nitrogens with zero attached hydrogens (tertiary/aromatic N) is 2. The standard InChI is InChI=1S/C15H17F2N3/c1-2-3-4-13-11-7-8-18-15(11)20(19-13)14-6-5-10(16)9-12(14)17/h5-6,9,18H,2-4,7-8H2,1H3. The van der Waals surface area contributed by atoms with Gasteiger partial charge in [0.25, 0.3) is 0 Å². The molecule has 0 saturated heterocycles. The van der Waals surface area contributed by atoms with Crippen LogP contribution in [0.15, 0.2) is 18.2 Å². The van der Waals surface area contributed by atoms with Crippen molar-refractivity contribution in [3.63, 3.8) is 0 Å². The predicted molar refractivity (Wildman–Crippen MR) is 74.3 cm³/mol. The number of anilines is 1. The minimum Gasteiger partial charge on any atom is -0.369 e. The normalized spacial score (nSPS) is 13.3. The van der Waals surface area contributed by atoms with Crippen molar-refractivity contribution in [3.8, 4) is 5.69 Å². The van der Waals surface area contributed by atoms with Crippen molar-refractivity contribution in [2.24, 2.45) is 0 Å². The van der Waals surface area contributed by atoms with Crippen LogP contribution >= 0.6 is 0 Å². The van der Waals surface area contributed by atoms with E-state index >= 15 is 0 Å². The summed E-state index contributed by atoms with van der Waals surface area (Å²) in [6.07, 6.45) is 3.98. The van der Waals surface area contributed by atoms with E-state index in [-0.39, 0.29) is 0 Å². The highest BCUT2D eigenvalue weighted by Gasteiger charge is 2.23. The minimum absolute atomic E-state index is 0.291. The van der Waals surface area contributed by atoms with Gasteiger partial charge in [-0.3, -0.25) is 0 Å². The topological polar surface area (TPSA) is 29.9 Å². The minimum atomic E-state index is -0.592. The number of nitrogens with one attached hydrogen (secondary N) is 1. The zero-order chi connectivity index (χ0) is 14.1. The third-order valence-electron chi connectivity index (χ3n) is 3.64. The number of aromatic nitrogens is 2. The van der Waals surface area contributed by atoms with E-state index in [2.05, 4.69) is 17.3 Å². The van der Waals surface area contributed by atoms with Gasteiger partial charge in [0, 0.05) is 18.2 Å². The van der Waals surface area contributed by atoms with E-state index < -0.39 is 11.6 Å². The molecular formula is C15H17F2N3. The number of unbranched alkanes of at least 4 members (excludes halogenated alkanes) is 1. The zero-order valence-corrected chi connectivity index (χ0v) is 11.4. The van der Waals surface area contributed by atoms with Crippen molar-refractivity contribution in [1.29, 1.82) is 0 Å². The maximum atomic E-state index is 13.9. The molecule has 3 nitrogen and oxygen atoms in total. The lowest BCUT2D eigenvalue weighted by Gasteiger charge is -2.07. The third-order valence-corrected chi connectivity index (χ3v) is 3.64. The highest BCUT2D eigenvalue weighted by atomic mass is 19.1. The molecule has 0 saturated carbocycles. The van der Waals surface area contributed by atoms with E-state index in [1.165, 1.54) is 17.7 Å². The van der Waals surface area contributed by atoms with Crippen LogP contribution in [0.3, 0.4) is 0 Å². The first-order valence-corrected chi connectivity index (χ1v) is 7.00. The van der Waals surface area contributed by atoms with E-state index in [0.717, 1.165) is 49.8 Å². The average Bonchev–Trinajstić information content (AvgIpc) is 2.99. The first-order valence-electron chi connectivity index (χ1n) is 7.00. The van der Waals surface area contributed by atoms with Gasteiger partial charge < -0.3 is 5.32 Å². The highest BCUT2D eigenvalue weighted by Crippen LogP contribution is 2.30. The van der Waals surface area contributed by atoms with Crippen molar-refractivity contribution in [3.05, 3.63) is 41.1 Å². The first kappa shape index (κ1) is 13.1. The molecule has 0 aliphatic carbocycles. The number of rotatable bonds is 4. The molecule has 0 radical (unpaired) electrons. The van der Waals surface area contributed by atoms with E-state index in [4.69, 9.17) is 0 Å². The second kappa shape index (κ2) is 5.23. The quantitative estimate of drug-likeness (QED) is 0.927. The summed E-state index contributed by atoms with van der Waals surface area (Å²) in [4.78, 5) is 0. The number of hydrogen-bond acceptors (Lipinski definition) is 2. The summed E-state index contributed by atoms with van der Waals surface area (Å²) in [5.41, 5.74) is 2.48. The fourth-order valence-corrected chi connectivity index (χ4v) is 2.62. The Bertz CT molecular complexity index is 634. The molecule has 0 amide bonds. The summed E-state index contributed by atoms with van der Waals surface area (Å²) in [7, 11) is 0. The van der Waals surface area contributed by atoms with Crippen molar-refractivity contribution in [2.75, 3.05) is 11.9 Å². The van der Waals surface area contributed by atoms with Gasteiger partial charge in [0.15, 0.2) is 5.82 Å². The fourth-order valence-electron chi connectivity index (χ4n) is 2.62. The van der Waals surface area contributed by atoms with Crippen molar-refractivity contribution >= 4 is 5.82 Å². The average molecular weight is 277 g/mol. The monoisotopic (exact) mass is 277 g/mol. The Balaban J connectivity index is 2.05. The van der Waals surface area contributed by atoms with Crippen molar-refractivity contribution < 1.29 is 8.78 Å². The van der Waals surface area contributed by atoms with Gasteiger partial charge in [-0.15, -0.1) is 0 Å². The van der Waals surface area contributed by atoms with Crippen LogP contribution in [0, 0.1) is 11.6 Å². The van der Waals surface area contributed by atoms with Crippen LogP contribution in [0.25, 0.3) is 5.69 Å². The second-order valence-corrected chi connectivity index (χ2v) is 5.06. The molecule has 1 aliphatic rings. The van der Waals surface area contributed by atoms with Gasteiger partial charge in [0.1, 0.15) is 17.3 Å². The van der Waals surface area contributed by atoms with E-state index in [9.17, 15) is 8.78 Å². The molecule has 0 unspecified atom stereocenters. The molecule has 0 spiro atoms. The molecule has 1 N–H and O–H groups in total. The van der Waals surface area contributed by atoms with Gasteiger partial charge >= 0.3 is 0 Å². The molecule has 1 aromatic heterocycles. The third kappa shape index (κ3) is 2.17. The zero-order valence-electron chi connectivity index (χ0n) is 11.4. The Morgan fingerprint density at radius 1 is 1.35 bits per heavy atom. The van der Waals surface area contributed by atoms with Crippen molar-refractivity contribution in [1.82, 2.24) is 9.78 Å². The molecule has 0 bridgehead atoms. The lowest BCUT2D eigenvalue weighted by atomic mass is 10.1. The van der Waals surface area contributed by atoms with Crippen LogP contribution < -0.4 is 5.32 Å². The summed E-state index contributed by atoms with van der Waals surface area (Å²) in [5, 5.41) is 7.77. The molecular weight excluding hydrogens is 260 g/mol. The number of hydrogen-bond donors (Lipinski definition) is 1. The van der Waals surface area contributed by atoms with Gasteiger partial charge in [0.05, 0.1) is 5.69 Å². The number of halogens is 2. The molecule has 2 heterocycles. The molecule has 20 heavy (non-hydrogen) atoms. The Hall–Kier alpha value is -1.91. The molecule has 2 aromatic rings. The van der Waals surface area contributed by atoms with Crippen LogP contribution in [-0.2, 0) is 12.8 Å². The summed E-state index contributed by atoms with van der Waals surface area (Å²) in [5.74, 6) is -0.318. The van der Waals surface area contributed by atoms with Gasteiger partial charge in [-0.2, -0.15) is 5.10 Å². The van der Waals surface area contributed by atoms with Crippen molar-refractivity contribution in [2.45, 2.75) is 32.6 Å². The van der Waals surface area contributed by atoms with Crippen LogP contribution in [0.5, 0.6) is 0 Å². The Morgan fingerprint density at radius 2 is 2.20 bits per heavy atom. The number of fused-ring (bicyclic) bond motifs is 1. The lowest BCUT2D eigenvalue weighted by molar-refractivity contribution is 0.573. The Kier molecular flexibility index (Phi) is 3.42. The molecule has 1 aromatic carbocycles. The maximum absolute atomic E-state index is 13.9. The lowest BCUT2D eigenvalue weighted by Crippen LogP contribution is -2.07. The van der Waals surface area contributed by atoms with Crippen LogP contribution in [0.2, 0.25) is 0 Å². The number of aryl methyl sites for hydroxylation is 1. The Labute approximate surface area is 116 Å². The van der Waals surface area contributed by atoms with Gasteiger partial charge in [-0.05, 0) is 31.4 Å². The van der Waals surface area contributed by atoms with Crippen LogP contribution in [0.1, 0.15) is 31.0 Å². The van der Waals surface area contributed by atoms with E-state index in [1.807, 2.05) is 0 Å². The fraction of sp³-hybridized carbons (Fsp3) is 0.400. The highest BCUT2D eigenvalue weighted by molar-refractivity contribution is 5.57. The molecule has 0 atom stereocenters. The molecule has 0 fully saturated rings. The summed E-state index contributed by atoms with van der Waals surface area (Å²) in [6.45, 7) is 2.98. The van der Waals surface area contributed by atoms with Gasteiger partial charge in [-0.1, -0.05) is 13.3 Å². The molecule has 5 heteroatoms. The van der Waals surface area contributed by atoms with Gasteiger partial charge in [-0.25, -0.2) is 13.5 Å². The summed E-state index contributed by atoms with van der Waals surface area (Å²) >= 11 is 0. The molecule has 3 rings (SSSR count). The SMILES string of the molecule is CCCCc1nn(-c2ccc(F)cc2F)c2c1CCN2. The van der Waals surface area contributed by atoms with Crippen LogP contribution in [-0.4, -0.2) is 16.3 Å². The predicted octanol–water partition coefficient (Wildman–Crippen LogP) is 3.46.